The molecule has 2 aromatic rings. The van der Waals surface area contributed by atoms with E-state index in [1.807, 2.05) is 6.07 Å². The van der Waals surface area contributed by atoms with Gasteiger partial charge in [0.15, 0.2) is 11.7 Å². The van der Waals surface area contributed by atoms with Gasteiger partial charge in [-0.15, -0.1) is 11.3 Å². The molecule has 1 heterocycles. The highest BCUT2D eigenvalue weighted by Crippen LogP contribution is 2.27. The zero-order valence-corrected chi connectivity index (χ0v) is 12.6. The molecule has 0 radical (unpaired) electrons. The zero-order chi connectivity index (χ0) is 15.9. The SMILES string of the molecule is COCC(=O)Nc1nc(-c2cccc(OCC(=O)O)c2)cs1. The molecule has 7 nitrogen and oxygen atoms in total. The minimum absolute atomic E-state index is 0.0343. The number of ether oxygens (including phenoxy) is 2. The van der Waals surface area contributed by atoms with Gasteiger partial charge in [0.05, 0.1) is 5.69 Å². The van der Waals surface area contributed by atoms with Gasteiger partial charge in [0.2, 0.25) is 0 Å². The van der Waals surface area contributed by atoms with Crippen molar-refractivity contribution < 1.29 is 24.2 Å². The molecule has 0 spiro atoms. The third kappa shape index (κ3) is 4.54. The quantitative estimate of drug-likeness (QED) is 0.807. The molecule has 8 heteroatoms. The average molecular weight is 322 g/mol. The maximum Gasteiger partial charge on any atom is 0.341 e. The molecule has 0 aliphatic rings. The molecule has 1 aromatic carbocycles. The molecular weight excluding hydrogens is 308 g/mol. The number of methoxy groups -OCH3 is 1. The number of anilines is 1. The summed E-state index contributed by atoms with van der Waals surface area (Å²) in [7, 11) is 1.44. The van der Waals surface area contributed by atoms with Crippen LogP contribution >= 0.6 is 11.3 Å². The van der Waals surface area contributed by atoms with Gasteiger partial charge in [0.25, 0.3) is 5.91 Å². The lowest BCUT2D eigenvalue weighted by molar-refractivity contribution is -0.139. The van der Waals surface area contributed by atoms with Crippen molar-refractivity contribution in [2.75, 3.05) is 25.6 Å². The number of thiazole rings is 1. The van der Waals surface area contributed by atoms with E-state index in [1.54, 1.807) is 23.6 Å². The van der Waals surface area contributed by atoms with Crippen LogP contribution in [0.2, 0.25) is 0 Å². The molecule has 0 bridgehead atoms. The summed E-state index contributed by atoms with van der Waals surface area (Å²) < 4.78 is 9.85. The first-order valence-electron chi connectivity index (χ1n) is 6.28. The predicted octanol–water partition coefficient (Wildman–Crippen LogP) is 1.86. The van der Waals surface area contributed by atoms with Crippen LogP contribution in [0.5, 0.6) is 5.75 Å². The van der Waals surface area contributed by atoms with Crippen LogP contribution < -0.4 is 10.1 Å². The summed E-state index contributed by atoms with van der Waals surface area (Å²) in [4.78, 5) is 26.2. The zero-order valence-electron chi connectivity index (χ0n) is 11.7. The molecule has 22 heavy (non-hydrogen) atoms. The van der Waals surface area contributed by atoms with Gasteiger partial charge < -0.3 is 14.6 Å². The first-order chi connectivity index (χ1) is 10.6. The van der Waals surface area contributed by atoms with Crippen molar-refractivity contribution >= 4 is 28.3 Å². The molecule has 0 atom stereocenters. The van der Waals surface area contributed by atoms with Gasteiger partial charge in [-0.3, -0.25) is 10.1 Å². The topological polar surface area (TPSA) is 97.8 Å². The van der Waals surface area contributed by atoms with E-state index in [4.69, 9.17) is 14.6 Å². The Morgan fingerprint density at radius 1 is 1.36 bits per heavy atom. The van der Waals surface area contributed by atoms with E-state index in [0.717, 1.165) is 5.56 Å². The van der Waals surface area contributed by atoms with Gasteiger partial charge >= 0.3 is 5.97 Å². The number of nitrogens with zero attached hydrogens (tertiary/aromatic N) is 1. The average Bonchev–Trinajstić information content (AvgIpc) is 2.94. The number of hydrogen-bond donors (Lipinski definition) is 2. The van der Waals surface area contributed by atoms with E-state index in [1.165, 1.54) is 18.4 Å². The van der Waals surface area contributed by atoms with Crippen LogP contribution in [-0.2, 0) is 14.3 Å². The van der Waals surface area contributed by atoms with Crippen LogP contribution in [0.25, 0.3) is 11.3 Å². The molecule has 0 aliphatic heterocycles. The van der Waals surface area contributed by atoms with Crippen molar-refractivity contribution in [2.45, 2.75) is 0 Å². The maximum atomic E-state index is 11.4. The Bertz CT molecular complexity index is 671. The first-order valence-corrected chi connectivity index (χ1v) is 7.16. The number of amides is 1. The minimum atomic E-state index is -1.04. The van der Waals surface area contributed by atoms with E-state index in [2.05, 4.69) is 10.3 Å². The molecular formula is C14H14N2O5S. The Morgan fingerprint density at radius 2 is 2.18 bits per heavy atom. The lowest BCUT2D eigenvalue weighted by Gasteiger charge is -2.04. The Hall–Kier alpha value is -2.45. The van der Waals surface area contributed by atoms with Crippen LogP contribution in [-0.4, -0.2) is 42.3 Å². The van der Waals surface area contributed by atoms with E-state index < -0.39 is 12.6 Å². The second-order valence-electron chi connectivity index (χ2n) is 4.23. The Kier molecular flexibility index (Phi) is 5.45. The third-order valence-electron chi connectivity index (χ3n) is 2.52. The summed E-state index contributed by atoms with van der Waals surface area (Å²) in [6.45, 7) is -0.438. The van der Waals surface area contributed by atoms with E-state index in [-0.39, 0.29) is 12.5 Å². The van der Waals surface area contributed by atoms with Crippen molar-refractivity contribution in [3.8, 4) is 17.0 Å². The Morgan fingerprint density at radius 3 is 2.91 bits per heavy atom. The van der Waals surface area contributed by atoms with Crippen molar-refractivity contribution in [2.24, 2.45) is 0 Å². The maximum absolute atomic E-state index is 11.4. The number of carbonyl (C=O) groups excluding carboxylic acids is 1. The molecule has 1 amide bonds. The van der Waals surface area contributed by atoms with E-state index in [9.17, 15) is 9.59 Å². The largest absolute Gasteiger partial charge is 0.482 e. The minimum Gasteiger partial charge on any atom is -0.482 e. The van der Waals surface area contributed by atoms with Crippen LogP contribution in [0.15, 0.2) is 29.6 Å². The van der Waals surface area contributed by atoms with Crippen molar-refractivity contribution in [3.05, 3.63) is 29.6 Å². The number of nitrogens with one attached hydrogen (secondary N) is 1. The number of aromatic nitrogens is 1. The van der Waals surface area contributed by atoms with Crippen molar-refractivity contribution in [1.82, 2.24) is 4.98 Å². The lowest BCUT2D eigenvalue weighted by Crippen LogP contribution is -2.16. The Labute approximate surface area is 130 Å². The third-order valence-corrected chi connectivity index (χ3v) is 3.28. The van der Waals surface area contributed by atoms with Gasteiger partial charge in [0, 0.05) is 18.1 Å². The fourth-order valence-corrected chi connectivity index (χ4v) is 2.38. The summed E-state index contributed by atoms with van der Waals surface area (Å²) in [5.74, 6) is -0.873. The number of aliphatic carboxylic acids is 1. The molecule has 0 aliphatic carbocycles. The van der Waals surface area contributed by atoms with Gasteiger partial charge in [-0.05, 0) is 12.1 Å². The highest BCUT2D eigenvalue weighted by molar-refractivity contribution is 7.14. The second kappa shape index (κ2) is 7.53. The summed E-state index contributed by atoms with van der Waals surface area (Å²) >= 11 is 1.29. The monoisotopic (exact) mass is 322 g/mol. The predicted molar refractivity (Wildman–Crippen MR) is 81.2 cm³/mol. The van der Waals surface area contributed by atoms with Crippen molar-refractivity contribution in [3.63, 3.8) is 0 Å². The highest BCUT2D eigenvalue weighted by atomic mass is 32.1. The lowest BCUT2D eigenvalue weighted by atomic mass is 10.2. The fourth-order valence-electron chi connectivity index (χ4n) is 1.64. The van der Waals surface area contributed by atoms with E-state index in [0.29, 0.717) is 16.6 Å². The van der Waals surface area contributed by atoms with Gasteiger partial charge in [-0.25, -0.2) is 9.78 Å². The molecule has 2 rings (SSSR count). The molecule has 116 valence electrons. The van der Waals surface area contributed by atoms with Crippen molar-refractivity contribution in [1.29, 1.82) is 0 Å². The normalized spacial score (nSPS) is 10.2. The second-order valence-corrected chi connectivity index (χ2v) is 5.09. The first kappa shape index (κ1) is 15.9. The molecule has 1 aromatic heterocycles. The van der Waals surface area contributed by atoms with Crippen LogP contribution in [0.3, 0.4) is 0 Å². The molecule has 0 fully saturated rings. The fraction of sp³-hybridized carbons (Fsp3) is 0.214. The van der Waals surface area contributed by atoms with Gasteiger partial charge in [-0.2, -0.15) is 0 Å². The summed E-state index contributed by atoms with van der Waals surface area (Å²) in [5.41, 5.74) is 1.44. The smallest absolute Gasteiger partial charge is 0.341 e. The van der Waals surface area contributed by atoms with Gasteiger partial charge in [0.1, 0.15) is 12.4 Å². The Balaban J connectivity index is 2.08. The van der Waals surface area contributed by atoms with E-state index >= 15 is 0 Å². The molecule has 2 N–H and O–H groups in total. The summed E-state index contributed by atoms with van der Waals surface area (Å²) in [6, 6.07) is 6.93. The van der Waals surface area contributed by atoms with Gasteiger partial charge in [-0.1, -0.05) is 12.1 Å². The van der Waals surface area contributed by atoms with Crippen LogP contribution in [0, 0.1) is 0 Å². The van der Waals surface area contributed by atoms with Crippen LogP contribution in [0.1, 0.15) is 0 Å². The summed E-state index contributed by atoms with van der Waals surface area (Å²) in [6.07, 6.45) is 0. The molecule has 0 unspecified atom stereocenters. The molecule has 0 saturated heterocycles. The number of rotatable bonds is 7. The molecule has 0 saturated carbocycles. The standard InChI is InChI=1S/C14H14N2O5S/c1-20-6-12(17)16-14-15-11(8-22-14)9-3-2-4-10(5-9)21-7-13(18)19/h2-5,8H,6-7H2,1H3,(H,18,19)(H,15,16,17). The number of carboxylic acids is 1. The number of benzene rings is 1. The number of carboxylic acid groups (broad SMARTS) is 1. The number of carbonyl (C=O) groups is 2. The summed E-state index contributed by atoms with van der Waals surface area (Å²) in [5, 5.41) is 13.5. The van der Waals surface area contributed by atoms with Crippen LogP contribution in [0.4, 0.5) is 5.13 Å². The number of hydrogen-bond acceptors (Lipinski definition) is 6. The highest BCUT2D eigenvalue weighted by Gasteiger charge is 2.09.